The van der Waals surface area contributed by atoms with Crippen LogP contribution >= 0.6 is 22.6 Å². The van der Waals surface area contributed by atoms with Gasteiger partial charge in [0.05, 0.1) is 16.6 Å². The number of rotatable bonds is 0. The first kappa shape index (κ1) is 9.03. The zero-order valence-corrected chi connectivity index (χ0v) is 9.86. The average molecular weight is 307 g/mol. The third-order valence-corrected chi connectivity index (χ3v) is 3.37. The Hall–Kier alpha value is -1.23. The predicted octanol–water partition coefficient (Wildman–Crippen LogP) is 1.26. The Morgan fingerprint density at radius 1 is 1.13 bits per heavy atom. The molecule has 2 nitrogen and oxygen atoms in total. The molecule has 3 heteroatoms. The first-order chi connectivity index (χ1) is 7.27. The molecule has 1 aliphatic carbocycles. The van der Waals surface area contributed by atoms with E-state index in [0.717, 1.165) is 25.4 Å². The number of para-hydroxylation sites is 1. The van der Waals surface area contributed by atoms with Crippen molar-refractivity contribution < 1.29 is 4.79 Å². The molecule has 2 aliphatic rings. The van der Waals surface area contributed by atoms with Crippen LogP contribution in [0.3, 0.4) is 0 Å². The van der Waals surface area contributed by atoms with Crippen LogP contribution in [0, 0.1) is 0 Å². The summed E-state index contributed by atoms with van der Waals surface area (Å²) in [6, 6.07) is 7.75. The summed E-state index contributed by atoms with van der Waals surface area (Å²) < 4.78 is 1.03. The molecule has 0 saturated heterocycles. The maximum absolute atomic E-state index is 11.8. The smallest absolute Gasteiger partial charge is 0.188 e. The van der Waals surface area contributed by atoms with Crippen LogP contribution in [0.25, 0.3) is 5.57 Å². The van der Waals surface area contributed by atoms with Gasteiger partial charge in [-0.05, 0) is 40.8 Å². The van der Waals surface area contributed by atoms with Gasteiger partial charge in [0.1, 0.15) is 0 Å². The molecule has 72 valence electrons. The number of benzene rings is 1. The van der Waals surface area contributed by atoms with Crippen molar-refractivity contribution in [3.63, 3.8) is 0 Å². The highest BCUT2D eigenvalue weighted by Crippen LogP contribution is 2.28. The van der Waals surface area contributed by atoms with E-state index in [1.54, 1.807) is 6.08 Å². The second-order valence-electron chi connectivity index (χ2n) is 3.40. The lowest BCUT2D eigenvalue weighted by Crippen LogP contribution is -2.24. The second kappa shape index (κ2) is 3.13. The normalized spacial score (nSPS) is 17.7. The molecular formula is C12H6INO. The van der Waals surface area contributed by atoms with Crippen molar-refractivity contribution in [2.24, 2.45) is 4.99 Å². The molecule has 0 N–H and O–H groups in total. The van der Waals surface area contributed by atoms with Crippen LogP contribution in [0.5, 0.6) is 0 Å². The maximum atomic E-state index is 11.8. The van der Waals surface area contributed by atoms with E-state index in [-0.39, 0.29) is 5.78 Å². The van der Waals surface area contributed by atoms with Crippen LogP contribution in [-0.2, 0) is 4.79 Å². The zero-order valence-electron chi connectivity index (χ0n) is 7.70. The molecule has 0 unspecified atom stereocenters. The molecular weight excluding hydrogens is 301 g/mol. The SMILES string of the molecule is O=C1C=CC(I)=C2N=c3ccccc3=C12. The Bertz CT molecular complexity index is 652. The number of hydrogen-bond acceptors (Lipinski definition) is 2. The number of fused-ring (bicyclic) bond motifs is 2. The summed E-state index contributed by atoms with van der Waals surface area (Å²) in [5.41, 5.74) is 1.57. The van der Waals surface area contributed by atoms with Crippen LogP contribution in [-0.4, -0.2) is 5.78 Å². The van der Waals surface area contributed by atoms with Gasteiger partial charge in [0.15, 0.2) is 5.78 Å². The minimum absolute atomic E-state index is 0.0547. The van der Waals surface area contributed by atoms with Gasteiger partial charge in [-0.15, -0.1) is 0 Å². The van der Waals surface area contributed by atoms with E-state index in [0.29, 0.717) is 0 Å². The molecule has 1 aromatic rings. The Labute approximate surface area is 99.9 Å². The summed E-state index contributed by atoms with van der Waals surface area (Å²) in [5.74, 6) is 0.0547. The molecule has 0 atom stereocenters. The van der Waals surface area contributed by atoms with Gasteiger partial charge < -0.3 is 0 Å². The van der Waals surface area contributed by atoms with E-state index in [4.69, 9.17) is 0 Å². The molecule has 15 heavy (non-hydrogen) atoms. The van der Waals surface area contributed by atoms with Crippen molar-refractivity contribution in [1.29, 1.82) is 0 Å². The second-order valence-corrected chi connectivity index (χ2v) is 4.56. The molecule has 0 radical (unpaired) electrons. The predicted molar refractivity (Wildman–Crippen MR) is 65.8 cm³/mol. The highest BCUT2D eigenvalue weighted by molar-refractivity contribution is 14.1. The van der Waals surface area contributed by atoms with Gasteiger partial charge in [0.25, 0.3) is 0 Å². The Kier molecular flexibility index (Phi) is 1.88. The van der Waals surface area contributed by atoms with Crippen molar-refractivity contribution in [1.82, 2.24) is 0 Å². The van der Waals surface area contributed by atoms with Gasteiger partial charge in [0.2, 0.25) is 0 Å². The lowest BCUT2D eigenvalue weighted by Gasteiger charge is -2.06. The molecule has 0 spiro atoms. The van der Waals surface area contributed by atoms with Gasteiger partial charge in [-0.3, -0.25) is 4.79 Å². The van der Waals surface area contributed by atoms with Crippen LogP contribution in [0.1, 0.15) is 0 Å². The fourth-order valence-electron chi connectivity index (χ4n) is 1.82. The number of allylic oxidation sites excluding steroid dienone is 4. The molecule has 1 aromatic carbocycles. The topological polar surface area (TPSA) is 29.4 Å². The summed E-state index contributed by atoms with van der Waals surface area (Å²) >= 11 is 2.21. The van der Waals surface area contributed by atoms with E-state index in [2.05, 4.69) is 27.6 Å². The standard InChI is InChI=1S/C12H6INO/c13-8-5-6-10(15)11-7-3-1-2-4-9(7)14-12(8)11/h1-6H. The van der Waals surface area contributed by atoms with Crippen molar-refractivity contribution in [3.8, 4) is 0 Å². The Morgan fingerprint density at radius 2 is 1.93 bits per heavy atom. The van der Waals surface area contributed by atoms with E-state index in [1.807, 2.05) is 30.3 Å². The zero-order chi connectivity index (χ0) is 10.4. The van der Waals surface area contributed by atoms with Gasteiger partial charge in [-0.25, -0.2) is 4.99 Å². The molecule has 0 aromatic heterocycles. The monoisotopic (exact) mass is 307 g/mol. The maximum Gasteiger partial charge on any atom is 0.188 e. The fourth-order valence-corrected chi connectivity index (χ4v) is 2.39. The quantitative estimate of drug-likeness (QED) is 0.664. The van der Waals surface area contributed by atoms with Crippen molar-refractivity contribution in [3.05, 3.63) is 56.3 Å². The third kappa shape index (κ3) is 1.23. The van der Waals surface area contributed by atoms with Crippen molar-refractivity contribution in [2.45, 2.75) is 0 Å². The van der Waals surface area contributed by atoms with Crippen molar-refractivity contribution >= 4 is 33.9 Å². The van der Waals surface area contributed by atoms with E-state index >= 15 is 0 Å². The van der Waals surface area contributed by atoms with Crippen LogP contribution in [0.15, 0.2) is 50.7 Å². The van der Waals surface area contributed by atoms with E-state index in [1.165, 1.54) is 0 Å². The van der Waals surface area contributed by atoms with Gasteiger partial charge in [-0.2, -0.15) is 0 Å². The van der Waals surface area contributed by atoms with Crippen LogP contribution in [0.2, 0.25) is 0 Å². The summed E-state index contributed by atoms with van der Waals surface area (Å²) in [4.78, 5) is 16.2. The number of nitrogens with zero attached hydrogens (tertiary/aromatic N) is 1. The van der Waals surface area contributed by atoms with Crippen LogP contribution in [0.4, 0.5) is 0 Å². The molecule has 0 fully saturated rings. The molecule has 1 heterocycles. The molecule has 0 amide bonds. The largest absolute Gasteiger partial charge is 0.289 e. The third-order valence-electron chi connectivity index (χ3n) is 2.50. The summed E-state index contributed by atoms with van der Waals surface area (Å²) in [7, 11) is 0. The minimum Gasteiger partial charge on any atom is -0.289 e. The highest BCUT2D eigenvalue weighted by Gasteiger charge is 2.23. The number of carbonyl (C=O) groups excluding carboxylic acids is 1. The Morgan fingerprint density at radius 3 is 2.80 bits per heavy atom. The molecule has 0 saturated carbocycles. The first-order valence-corrected chi connectivity index (χ1v) is 5.66. The van der Waals surface area contributed by atoms with E-state index in [9.17, 15) is 4.79 Å². The first-order valence-electron chi connectivity index (χ1n) is 4.58. The molecule has 0 bridgehead atoms. The fraction of sp³-hybridized carbons (Fsp3) is 0. The number of hydrogen-bond donors (Lipinski definition) is 0. The summed E-state index contributed by atoms with van der Waals surface area (Å²) in [6.07, 6.45) is 3.43. The Balaban J connectivity index is 2.52. The lowest BCUT2D eigenvalue weighted by molar-refractivity contribution is -0.109. The highest BCUT2D eigenvalue weighted by atomic mass is 127. The summed E-state index contributed by atoms with van der Waals surface area (Å²) in [5, 5.41) is 1.85. The summed E-state index contributed by atoms with van der Waals surface area (Å²) in [6.45, 7) is 0. The number of halogens is 1. The number of ketones is 1. The van der Waals surface area contributed by atoms with Crippen LogP contribution < -0.4 is 10.6 Å². The van der Waals surface area contributed by atoms with Gasteiger partial charge in [0, 0.05) is 8.80 Å². The van der Waals surface area contributed by atoms with Gasteiger partial charge >= 0.3 is 0 Å². The molecule has 1 aliphatic heterocycles. The average Bonchev–Trinajstić information content (AvgIpc) is 2.64. The molecule has 3 rings (SSSR count). The number of carbonyl (C=O) groups is 1. The lowest BCUT2D eigenvalue weighted by atomic mass is 10.0. The van der Waals surface area contributed by atoms with E-state index < -0.39 is 0 Å². The van der Waals surface area contributed by atoms with Gasteiger partial charge in [-0.1, -0.05) is 18.2 Å². The minimum atomic E-state index is 0.0547. The van der Waals surface area contributed by atoms with Crippen molar-refractivity contribution in [2.75, 3.05) is 0 Å².